The van der Waals surface area contributed by atoms with E-state index in [9.17, 15) is 4.79 Å². The highest BCUT2D eigenvalue weighted by molar-refractivity contribution is 6.35. The lowest BCUT2D eigenvalue weighted by molar-refractivity contribution is -0.137. The molecule has 18 heavy (non-hydrogen) atoms. The minimum absolute atomic E-state index is 0.133. The van der Waals surface area contributed by atoms with Crippen molar-refractivity contribution in [2.24, 2.45) is 5.92 Å². The fourth-order valence-electron chi connectivity index (χ4n) is 2.58. The number of fused-ring (bicyclic) bond motifs is 1. The zero-order valence-corrected chi connectivity index (χ0v) is 10.6. The van der Waals surface area contributed by atoms with Gasteiger partial charge in [0.2, 0.25) is 0 Å². The second-order valence-electron chi connectivity index (χ2n) is 4.98. The van der Waals surface area contributed by atoms with Crippen LogP contribution in [0.5, 0.6) is 0 Å². The standard InChI is InChI=1S/C14H14ClNO2/c15-12-7-16-13-5-9(3-4-10(12)13)11(6-14(17)18)8-1-2-8/h3-5,7-8,11,16H,1-2,6H2,(H,17,18). The molecule has 1 unspecified atom stereocenters. The maximum atomic E-state index is 11.0. The number of carboxylic acids is 1. The summed E-state index contributed by atoms with van der Waals surface area (Å²) >= 11 is 6.04. The maximum absolute atomic E-state index is 11.0. The Morgan fingerprint density at radius 3 is 2.94 bits per heavy atom. The summed E-state index contributed by atoms with van der Waals surface area (Å²) in [6.45, 7) is 0. The summed E-state index contributed by atoms with van der Waals surface area (Å²) in [5.74, 6) is -0.0607. The topological polar surface area (TPSA) is 53.1 Å². The predicted molar refractivity (Wildman–Crippen MR) is 71.0 cm³/mol. The van der Waals surface area contributed by atoms with E-state index < -0.39 is 5.97 Å². The number of aliphatic carboxylic acids is 1. The lowest BCUT2D eigenvalue weighted by Crippen LogP contribution is -2.08. The first kappa shape index (κ1) is 11.6. The van der Waals surface area contributed by atoms with Crippen LogP contribution in [0.4, 0.5) is 0 Å². The predicted octanol–water partition coefficient (Wildman–Crippen LogP) is 3.79. The Bertz CT molecular complexity index is 601. The summed E-state index contributed by atoms with van der Waals surface area (Å²) in [6, 6.07) is 6.02. The van der Waals surface area contributed by atoms with Gasteiger partial charge in [-0.1, -0.05) is 23.7 Å². The second kappa shape index (κ2) is 4.32. The SMILES string of the molecule is O=C(O)CC(c1ccc2c(Cl)c[nH]c2c1)C1CC1. The molecule has 1 saturated carbocycles. The molecule has 3 nitrogen and oxygen atoms in total. The van der Waals surface area contributed by atoms with Crippen LogP contribution in [0.3, 0.4) is 0 Å². The van der Waals surface area contributed by atoms with Crippen molar-refractivity contribution in [3.63, 3.8) is 0 Å². The van der Waals surface area contributed by atoms with Crippen LogP contribution in [-0.4, -0.2) is 16.1 Å². The van der Waals surface area contributed by atoms with E-state index >= 15 is 0 Å². The molecular weight excluding hydrogens is 250 g/mol. The van der Waals surface area contributed by atoms with E-state index in [1.807, 2.05) is 18.2 Å². The molecule has 0 radical (unpaired) electrons. The molecule has 1 aromatic heterocycles. The highest BCUT2D eigenvalue weighted by Gasteiger charge is 2.33. The van der Waals surface area contributed by atoms with Gasteiger partial charge in [-0.15, -0.1) is 0 Å². The number of aromatic nitrogens is 1. The number of hydrogen-bond donors (Lipinski definition) is 2. The monoisotopic (exact) mass is 263 g/mol. The number of halogens is 1. The van der Waals surface area contributed by atoms with Crippen molar-refractivity contribution in [3.8, 4) is 0 Å². The van der Waals surface area contributed by atoms with Crippen LogP contribution < -0.4 is 0 Å². The van der Waals surface area contributed by atoms with E-state index in [-0.39, 0.29) is 12.3 Å². The Hall–Kier alpha value is -1.48. The minimum Gasteiger partial charge on any atom is -0.481 e. The van der Waals surface area contributed by atoms with Crippen LogP contribution >= 0.6 is 11.6 Å². The molecule has 1 atom stereocenters. The smallest absolute Gasteiger partial charge is 0.303 e. The van der Waals surface area contributed by atoms with Gasteiger partial charge in [-0.3, -0.25) is 4.79 Å². The van der Waals surface area contributed by atoms with Gasteiger partial charge in [-0.05, 0) is 36.3 Å². The third-order valence-electron chi connectivity index (χ3n) is 3.67. The van der Waals surface area contributed by atoms with Gasteiger partial charge in [-0.2, -0.15) is 0 Å². The highest BCUT2D eigenvalue weighted by atomic mass is 35.5. The zero-order valence-electron chi connectivity index (χ0n) is 9.82. The van der Waals surface area contributed by atoms with E-state index in [1.165, 1.54) is 0 Å². The molecule has 0 saturated heterocycles. The van der Waals surface area contributed by atoms with Crippen LogP contribution in [0, 0.1) is 5.92 Å². The van der Waals surface area contributed by atoms with Gasteiger partial charge in [0.05, 0.1) is 11.4 Å². The fourth-order valence-corrected chi connectivity index (χ4v) is 2.80. The van der Waals surface area contributed by atoms with Crippen LogP contribution in [0.25, 0.3) is 10.9 Å². The molecule has 0 amide bonds. The summed E-state index contributed by atoms with van der Waals surface area (Å²) in [7, 11) is 0. The van der Waals surface area contributed by atoms with Gasteiger partial charge in [0, 0.05) is 17.1 Å². The molecular formula is C14H14ClNO2. The molecule has 1 aromatic carbocycles. The molecule has 3 rings (SSSR count). The van der Waals surface area contributed by atoms with E-state index in [0.717, 1.165) is 29.3 Å². The molecule has 1 aliphatic carbocycles. The Morgan fingerprint density at radius 1 is 1.50 bits per heavy atom. The quantitative estimate of drug-likeness (QED) is 0.882. The molecule has 0 aliphatic heterocycles. The van der Waals surface area contributed by atoms with Gasteiger partial charge in [0.1, 0.15) is 0 Å². The average Bonchev–Trinajstić information content (AvgIpc) is 3.11. The average molecular weight is 264 g/mol. The fraction of sp³-hybridized carbons (Fsp3) is 0.357. The lowest BCUT2D eigenvalue weighted by Gasteiger charge is -2.14. The number of carboxylic acid groups (broad SMARTS) is 1. The van der Waals surface area contributed by atoms with E-state index in [1.54, 1.807) is 6.20 Å². The Balaban J connectivity index is 1.98. The van der Waals surface area contributed by atoms with Crippen molar-refractivity contribution in [1.29, 1.82) is 0 Å². The number of aromatic amines is 1. The van der Waals surface area contributed by atoms with Crippen molar-refractivity contribution in [1.82, 2.24) is 4.98 Å². The zero-order chi connectivity index (χ0) is 12.7. The third kappa shape index (κ3) is 2.10. The number of carbonyl (C=O) groups is 1. The van der Waals surface area contributed by atoms with Crippen molar-refractivity contribution in [2.75, 3.05) is 0 Å². The maximum Gasteiger partial charge on any atom is 0.303 e. The molecule has 1 aliphatic rings. The van der Waals surface area contributed by atoms with Gasteiger partial charge in [-0.25, -0.2) is 0 Å². The Kier molecular flexibility index (Phi) is 2.78. The Labute approximate surface area is 110 Å². The van der Waals surface area contributed by atoms with Crippen LogP contribution in [-0.2, 0) is 4.79 Å². The minimum atomic E-state index is -0.725. The Morgan fingerprint density at radius 2 is 2.28 bits per heavy atom. The lowest BCUT2D eigenvalue weighted by atomic mass is 9.90. The first-order valence-corrected chi connectivity index (χ1v) is 6.51. The largest absolute Gasteiger partial charge is 0.481 e. The molecule has 0 spiro atoms. The van der Waals surface area contributed by atoms with Gasteiger partial charge < -0.3 is 10.1 Å². The van der Waals surface area contributed by atoms with Crippen LogP contribution in [0.1, 0.15) is 30.7 Å². The summed E-state index contributed by atoms with van der Waals surface area (Å²) in [6.07, 6.45) is 4.26. The molecule has 1 heterocycles. The third-order valence-corrected chi connectivity index (χ3v) is 3.98. The summed E-state index contributed by atoms with van der Waals surface area (Å²) in [5.41, 5.74) is 2.08. The van der Waals surface area contributed by atoms with Crippen molar-refractivity contribution in [3.05, 3.63) is 35.0 Å². The van der Waals surface area contributed by atoms with E-state index in [4.69, 9.17) is 16.7 Å². The number of benzene rings is 1. The van der Waals surface area contributed by atoms with Crippen molar-refractivity contribution >= 4 is 28.5 Å². The van der Waals surface area contributed by atoms with Gasteiger partial charge in [0.25, 0.3) is 0 Å². The van der Waals surface area contributed by atoms with Gasteiger partial charge in [0.15, 0.2) is 0 Å². The summed E-state index contributed by atoms with van der Waals surface area (Å²) in [4.78, 5) is 14.1. The molecule has 4 heteroatoms. The van der Waals surface area contributed by atoms with Gasteiger partial charge >= 0.3 is 5.97 Å². The van der Waals surface area contributed by atoms with Crippen LogP contribution in [0.15, 0.2) is 24.4 Å². The molecule has 2 aromatic rings. The summed E-state index contributed by atoms with van der Waals surface area (Å²) < 4.78 is 0. The second-order valence-corrected chi connectivity index (χ2v) is 5.39. The van der Waals surface area contributed by atoms with E-state index in [2.05, 4.69) is 4.98 Å². The number of hydrogen-bond acceptors (Lipinski definition) is 1. The number of nitrogens with one attached hydrogen (secondary N) is 1. The molecule has 0 bridgehead atoms. The normalized spacial score (nSPS) is 16.9. The number of H-pyrrole nitrogens is 1. The van der Waals surface area contributed by atoms with Crippen molar-refractivity contribution < 1.29 is 9.90 Å². The first-order chi connectivity index (χ1) is 8.65. The summed E-state index contributed by atoms with van der Waals surface area (Å²) in [5, 5.41) is 10.7. The molecule has 1 fully saturated rings. The van der Waals surface area contributed by atoms with Crippen molar-refractivity contribution in [2.45, 2.75) is 25.2 Å². The highest BCUT2D eigenvalue weighted by Crippen LogP contribution is 2.45. The van der Waals surface area contributed by atoms with E-state index in [0.29, 0.717) is 10.9 Å². The molecule has 2 N–H and O–H groups in total. The first-order valence-electron chi connectivity index (χ1n) is 6.13. The molecule has 94 valence electrons. The number of rotatable bonds is 4. The van der Waals surface area contributed by atoms with Crippen LogP contribution in [0.2, 0.25) is 5.02 Å².